The predicted molar refractivity (Wildman–Crippen MR) is 81.6 cm³/mol. The van der Waals surface area contributed by atoms with Crippen LogP contribution in [0.3, 0.4) is 0 Å². The molecule has 1 saturated heterocycles. The van der Waals surface area contributed by atoms with Gasteiger partial charge in [-0.1, -0.05) is 20.8 Å². The number of nitrogens with one attached hydrogen (secondary N) is 2. The molecule has 0 aliphatic carbocycles. The fourth-order valence-electron chi connectivity index (χ4n) is 2.15. The van der Waals surface area contributed by atoms with Gasteiger partial charge in [-0.05, 0) is 38.0 Å². The summed E-state index contributed by atoms with van der Waals surface area (Å²) in [5, 5.41) is 6.69. The smallest absolute Gasteiger partial charge is 0.191 e. The summed E-state index contributed by atoms with van der Waals surface area (Å²) in [5.74, 6) is 0.923. The molecule has 1 aliphatic heterocycles. The first kappa shape index (κ1) is 16.3. The van der Waals surface area contributed by atoms with Crippen LogP contribution < -0.4 is 10.6 Å². The Morgan fingerprint density at radius 2 is 2.11 bits per heavy atom. The van der Waals surface area contributed by atoms with Crippen LogP contribution >= 0.6 is 0 Å². The van der Waals surface area contributed by atoms with Crippen LogP contribution in [0.1, 0.15) is 53.4 Å². The maximum atomic E-state index is 5.59. The first-order valence-corrected chi connectivity index (χ1v) is 7.65. The van der Waals surface area contributed by atoms with E-state index in [4.69, 9.17) is 4.74 Å². The summed E-state index contributed by atoms with van der Waals surface area (Å²) in [6.07, 6.45) is 5.05. The summed E-state index contributed by atoms with van der Waals surface area (Å²) in [6.45, 7) is 12.5. The molecule has 0 aromatic carbocycles. The minimum atomic E-state index is 0.324. The van der Waals surface area contributed by atoms with Crippen molar-refractivity contribution in [1.82, 2.24) is 10.6 Å². The lowest BCUT2D eigenvalue weighted by molar-refractivity contribution is 0.117. The molecule has 0 radical (unpaired) electrons. The molecular formula is C15H31N3O. The molecule has 0 aromatic rings. The Hall–Kier alpha value is -0.770. The summed E-state index contributed by atoms with van der Waals surface area (Å²) >= 11 is 0. The van der Waals surface area contributed by atoms with E-state index in [1.807, 2.05) is 0 Å². The van der Waals surface area contributed by atoms with Gasteiger partial charge in [0.1, 0.15) is 0 Å². The van der Waals surface area contributed by atoms with Crippen LogP contribution in [0.5, 0.6) is 0 Å². The lowest BCUT2D eigenvalue weighted by Gasteiger charge is -2.18. The number of aliphatic imine (C=N–C) groups is 1. The normalized spacial score (nSPS) is 20.6. The quantitative estimate of drug-likeness (QED) is 0.442. The lowest BCUT2D eigenvalue weighted by Crippen LogP contribution is -2.38. The molecule has 0 spiro atoms. The van der Waals surface area contributed by atoms with Crippen molar-refractivity contribution in [2.45, 2.75) is 59.5 Å². The summed E-state index contributed by atoms with van der Waals surface area (Å²) in [6, 6.07) is 0. The van der Waals surface area contributed by atoms with Crippen LogP contribution in [0.2, 0.25) is 0 Å². The number of hydrogen-bond donors (Lipinski definition) is 2. The molecular weight excluding hydrogens is 238 g/mol. The summed E-state index contributed by atoms with van der Waals surface area (Å²) in [4.78, 5) is 4.60. The second-order valence-electron chi connectivity index (χ2n) is 6.45. The van der Waals surface area contributed by atoms with Crippen LogP contribution in [0.25, 0.3) is 0 Å². The Bertz CT molecular complexity index is 265. The van der Waals surface area contributed by atoms with Gasteiger partial charge in [-0.2, -0.15) is 0 Å². The van der Waals surface area contributed by atoms with E-state index in [0.717, 1.165) is 38.6 Å². The zero-order valence-electron chi connectivity index (χ0n) is 13.1. The van der Waals surface area contributed by atoms with E-state index >= 15 is 0 Å². The Labute approximate surface area is 118 Å². The molecule has 19 heavy (non-hydrogen) atoms. The largest absolute Gasteiger partial charge is 0.376 e. The fourth-order valence-corrected chi connectivity index (χ4v) is 2.15. The highest BCUT2D eigenvalue weighted by Gasteiger charge is 2.15. The molecule has 2 N–H and O–H groups in total. The molecule has 1 aliphatic rings. The monoisotopic (exact) mass is 269 g/mol. The molecule has 0 aromatic heterocycles. The highest BCUT2D eigenvalue weighted by molar-refractivity contribution is 5.79. The highest BCUT2D eigenvalue weighted by atomic mass is 16.5. The molecule has 4 nitrogen and oxygen atoms in total. The maximum Gasteiger partial charge on any atom is 0.191 e. The Morgan fingerprint density at radius 1 is 1.32 bits per heavy atom. The zero-order chi connectivity index (χ0) is 14.1. The predicted octanol–water partition coefficient (Wildman–Crippen LogP) is 2.55. The molecule has 0 bridgehead atoms. The second kappa shape index (κ2) is 8.41. The van der Waals surface area contributed by atoms with Gasteiger partial charge in [0.25, 0.3) is 0 Å². The van der Waals surface area contributed by atoms with Gasteiger partial charge in [0.05, 0.1) is 12.6 Å². The SMILES string of the molecule is CCNC(=NCC1CCCO1)NCCCC(C)(C)C. The average Bonchev–Trinajstić information content (AvgIpc) is 2.83. The van der Waals surface area contributed by atoms with E-state index in [2.05, 4.69) is 43.3 Å². The Balaban J connectivity index is 2.24. The van der Waals surface area contributed by atoms with Crippen molar-refractivity contribution in [2.24, 2.45) is 10.4 Å². The summed E-state index contributed by atoms with van der Waals surface area (Å²) in [5.41, 5.74) is 0.412. The minimum Gasteiger partial charge on any atom is -0.376 e. The third-order valence-electron chi connectivity index (χ3n) is 3.22. The van der Waals surface area contributed by atoms with Gasteiger partial charge in [0.2, 0.25) is 0 Å². The number of nitrogens with zero attached hydrogens (tertiary/aromatic N) is 1. The van der Waals surface area contributed by atoms with E-state index in [1.54, 1.807) is 0 Å². The molecule has 112 valence electrons. The first-order chi connectivity index (χ1) is 9.01. The topological polar surface area (TPSA) is 45.7 Å². The summed E-state index contributed by atoms with van der Waals surface area (Å²) < 4.78 is 5.59. The highest BCUT2D eigenvalue weighted by Crippen LogP contribution is 2.19. The van der Waals surface area contributed by atoms with Crippen molar-refractivity contribution in [3.63, 3.8) is 0 Å². The van der Waals surface area contributed by atoms with Gasteiger partial charge in [0, 0.05) is 19.7 Å². The lowest BCUT2D eigenvalue weighted by atomic mass is 9.91. The third kappa shape index (κ3) is 8.09. The molecule has 1 heterocycles. The van der Waals surface area contributed by atoms with Gasteiger partial charge in [0.15, 0.2) is 5.96 Å². The van der Waals surface area contributed by atoms with Gasteiger partial charge in [-0.15, -0.1) is 0 Å². The maximum absolute atomic E-state index is 5.59. The van der Waals surface area contributed by atoms with Crippen molar-refractivity contribution in [2.75, 3.05) is 26.2 Å². The van der Waals surface area contributed by atoms with Crippen LogP contribution in [-0.2, 0) is 4.74 Å². The second-order valence-corrected chi connectivity index (χ2v) is 6.45. The molecule has 4 heteroatoms. The zero-order valence-corrected chi connectivity index (χ0v) is 13.1. The molecule has 1 rings (SSSR count). The first-order valence-electron chi connectivity index (χ1n) is 7.65. The van der Waals surface area contributed by atoms with Crippen molar-refractivity contribution in [3.8, 4) is 0 Å². The average molecular weight is 269 g/mol. The molecule has 0 saturated carbocycles. The molecule has 1 atom stereocenters. The molecule has 1 unspecified atom stereocenters. The number of rotatable bonds is 6. The Morgan fingerprint density at radius 3 is 2.68 bits per heavy atom. The van der Waals surface area contributed by atoms with Gasteiger partial charge < -0.3 is 15.4 Å². The van der Waals surface area contributed by atoms with Gasteiger partial charge >= 0.3 is 0 Å². The van der Waals surface area contributed by atoms with Crippen molar-refractivity contribution < 1.29 is 4.74 Å². The molecule has 1 fully saturated rings. The molecule has 0 amide bonds. The van der Waals surface area contributed by atoms with E-state index in [9.17, 15) is 0 Å². The van der Waals surface area contributed by atoms with Crippen LogP contribution in [0.15, 0.2) is 4.99 Å². The van der Waals surface area contributed by atoms with E-state index < -0.39 is 0 Å². The van der Waals surface area contributed by atoms with Gasteiger partial charge in [-0.25, -0.2) is 0 Å². The van der Waals surface area contributed by atoms with Gasteiger partial charge in [-0.3, -0.25) is 4.99 Å². The standard InChI is InChI=1S/C15H31N3O/c1-5-16-14(17-10-7-9-15(2,3)4)18-12-13-8-6-11-19-13/h13H,5-12H2,1-4H3,(H2,16,17,18). The van der Waals surface area contributed by atoms with Crippen molar-refractivity contribution in [1.29, 1.82) is 0 Å². The van der Waals surface area contributed by atoms with Crippen LogP contribution in [0, 0.1) is 5.41 Å². The van der Waals surface area contributed by atoms with E-state index in [-0.39, 0.29) is 0 Å². The third-order valence-corrected chi connectivity index (χ3v) is 3.22. The number of ether oxygens (including phenoxy) is 1. The number of guanidine groups is 1. The number of hydrogen-bond acceptors (Lipinski definition) is 2. The van der Waals surface area contributed by atoms with Crippen LogP contribution in [0.4, 0.5) is 0 Å². The fraction of sp³-hybridized carbons (Fsp3) is 0.933. The Kier molecular flexibility index (Phi) is 7.21. The van der Waals surface area contributed by atoms with E-state index in [0.29, 0.717) is 11.5 Å². The summed E-state index contributed by atoms with van der Waals surface area (Å²) in [7, 11) is 0. The van der Waals surface area contributed by atoms with Crippen molar-refractivity contribution in [3.05, 3.63) is 0 Å². The van der Waals surface area contributed by atoms with Crippen molar-refractivity contribution >= 4 is 5.96 Å². The minimum absolute atomic E-state index is 0.324. The van der Waals surface area contributed by atoms with E-state index in [1.165, 1.54) is 19.3 Å². The van der Waals surface area contributed by atoms with Crippen LogP contribution in [-0.4, -0.2) is 38.3 Å².